The molecule has 0 amide bonds. The van der Waals surface area contributed by atoms with E-state index in [4.69, 9.17) is 14.1 Å². The van der Waals surface area contributed by atoms with Crippen molar-refractivity contribution in [3.05, 3.63) is 71.3 Å². The van der Waals surface area contributed by atoms with Gasteiger partial charge in [-0.3, -0.25) is 9.88 Å². The third-order valence-corrected chi connectivity index (χ3v) is 12.7. The molecule has 0 bridgehead atoms. The van der Waals surface area contributed by atoms with Gasteiger partial charge in [-0.1, -0.05) is 51.6 Å². The van der Waals surface area contributed by atoms with Gasteiger partial charge in [0, 0.05) is 30.0 Å². The van der Waals surface area contributed by atoms with Crippen LogP contribution in [0.5, 0.6) is 0 Å². The second-order valence-electron chi connectivity index (χ2n) is 10.9. The van der Waals surface area contributed by atoms with Gasteiger partial charge in [-0.15, -0.1) is 0 Å². The number of carboxylic acid groups (broad SMARTS) is 1. The van der Waals surface area contributed by atoms with Crippen LogP contribution in [0.1, 0.15) is 57.2 Å². The SMILES string of the molecule is CCC(=Cc1cccc(C(O[Si](C)(C)C(C)(C)C)c2ccc3c(c2)N(COC)c2nccnc2S3)n1)C(=O)O. The zero-order valence-corrected chi connectivity index (χ0v) is 25.4. The van der Waals surface area contributed by atoms with E-state index < -0.39 is 20.4 Å². The van der Waals surface area contributed by atoms with E-state index in [-0.39, 0.29) is 5.04 Å². The molecule has 4 rings (SSSR count). The number of carboxylic acids is 1. The van der Waals surface area contributed by atoms with E-state index in [1.807, 2.05) is 30.0 Å². The smallest absolute Gasteiger partial charge is 0.331 e. The molecule has 0 fully saturated rings. The summed E-state index contributed by atoms with van der Waals surface area (Å²) in [4.78, 5) is 28.7. The standard InChI is InChI=1S/C29H36N4O4SSi/c1-8-19(28(34)35)16-21-10-9-11-22(32-21)25(37-39(6,7)29(2,3)4)20-12-13-24-23(17-20)33(18-36-5)26-27(38-24)31-15-14-30-26/h9-17,25H,8,18H2,1-7H3,(H,34,35). The first-order chi connectivity index (χ1) is 18.4. The Balaban J connectivity index is 1.84. The highest BCUT2D eigenvalue weighted by molar-refractivity contribution is 7.99. The fourth-order valence-electron chi connectivity index (χ4n) is 4.01. The van der Waals surface area contributed by atoms with Gasteiger partial charge in [0.1, 0.15) is 17.9 Å². The van der Waals surface area contributed by atoms with Crippen molar-refractivity contribution in [2.45, 2.75) is 68.3 Å². The van der Waals surface area contributed by atoms with E-state index in [0.29, 0.717) is 24.4 Å². The van der Waals surface area contributed by atoms with Crippen molar-refractivity contribution >= 4 is 43.6 Å². The second-order valence-corrected chi connectivity index (χ2v) is 16.7. The highest BCUT2D eigenvalue weighted by Crippen LogP contribution is 2.48. The first kappa shape index (κ1) is 28.9. The van der Waals surface area contributed by atoms with Crippen LogP contribution in [0.3, 0.4) is 0 Å². The molecule has 8 nitrogen and oxygen atoms in total. The van der Waals surface area contributed by atoms with Crippen LogP contribution in [0.25, 0.3) is 6.08 Å². The maximum Gasteiger partial charge on any atom is 0.331 e. The molecule has 39 heavy (non-hydrogen) atoms. The summed E-state index contributed by atoms with van der Waals surface area (Å²) in [6, 6.07) is 12.0. The third-order valence-electron chi connectivity index (χ3n) is 7.20. The maximum atomic E-state index is 11.6. The summed E-state index contributed by atoms with van der Waals surface area (Å²) in [6.07, 6.45) is 4.98. The number of benzene rings is 1. The molecule has 206 valence electrons. The summed E-state index contributed by atoms with van der Waals surface area (Å²) in [5.74, 6) is -0.186. The van der Waals surface area contributed by atoms with Gasteiger partial charge in [0.25, 0.3) is 0 Å². The molecule has 0 spiro atoms. The van der Waals surface area contributed by atoms with Crippen LogP contribution in [-0.4, -0.2) is 48.2 Å². The highest BCUT2D eigenvalue weighted by atomic mass is 32.2. The first-order valence-electron chi connectivity index (χ1n) is 12.9. The first-order valence-corrected chi connectivity index (χ1v) is 16.7. The van der Waals surface area contributed by atoms with E-state index >= 15 is 0 Å². The third kappa shape index (κ3) is 6.24. The van der Waals surface area contributed by atoms with E-state index in [0.717, 1.165) is 32.7 Å². The average molecular weight is 565 g/mol. The number of anilines is 2. The van der Waals surface area contributed by atoms with Gasteiger partial charge >= 0.3 is 5.97 Å². The lowest BCUT2D eigenvalue weighted by atomic mass is 10.0. The molecular formula is C29H36N4O4SSi. The van der Waals surface area contributed by atoms with Crippen molar-refractivity contribution in [2.24, 2.45) is 0 Å². The van der Waals surface area contributed by atoms with Gasteiger partial charge < -0.3 is 14.3 Å². The second kappa shape index (κ2) is 11.6. The lowest BCUT2D eigenvalue weighted by Crippen LogP contribution is -2.42. The van der Waals surface area contributed by atoms with Crippen LogP contribution < -0.4 is 4.90 Å². The van der Waals surface area contributed by atoms with Gasteiger partial charge in [0.05, 0.1) is 17.1 Å². The Hall–Kier alpha value is -3.05. The largest absolute Gasteiger partial charge is 0.478 e. The number of hydrogen-bond donors (Lipinski definition) is 1. The molecule has 10 heteroatoms. The van der Waals surface area contributed by atoms with Crippen LogP contribution in [0.15, 0.2) is 64.3 Å². The molecule has 1 aromatic carbocycles. The Morgan fingerprint density at radius 3 is 2.59 bits per heavy atom. The van der Waals surface area contributed by atoms with Crippen LogP contribution >= 0.6 is 11.8 Å². The van der Waals surface area contributed by atoms with E-state index in [2.05, 4.69) is 62.0 Å². The molecule has 3 aromatic rings. The van der Waals surface area contributed by atoms with E-state index in [9.17, 15) is 9.90 Å². The zero-order valence-electron chi connectivity index (χ0n) is 23.6. The molecule has 1 atom stereocenters. The fraction of sp³-hybridized carbons (Fsp3) is 0.379. The summed E-state index contributed by atoms with van der Waals surface area (Å²) >= 11 is 1.58. The summed E-state index contributed by atoms with van der Waals surface area (Å²) in [5, 5.41) is 10.3. The molecule has 1 unspecified atom stereocenters. The molecular weight excluding hydrogens is 528 g/mol. The number of aromatic nitrogens is 3. The molecule has 0 saturated carbocycles. The van der Waals surface area contributed by atoms with Crippen LogP contribution in [0.4, 0.5) is 11.5 Å². The average Bonchev–Trinajstić information content (AvgIpc) is 2.89. The van der Waals surface area contributed by atoms with Gasteiger partial charge in [-0.05, 0) is 60.5 Å². The lowest BCUT2D eigenvalue weighted by Gasteiger charge is -2.39. The number of pyridine rings is 1. The number of nitrogens with zero attached hydrogens (tertiary/aromatic N) is 4. The highest BCUT2D eigenvalue weighted by Gasteiger charge is 2.40. The van der Waals surface area contributed by atoms with Crippen molar-refractivity contribution in [3.63, 3.8) is 0 Å². The fourth-order valence-corrected chi connectivity index (χ4v) is 6.19. The summed E-state index contributed by atoms with van der Waals surface area (Å²) < 4.78 is 12.6. The Morgan fingerprint density at radius 1 is 1.18 bits per heavy atom. The molecule has 0 radical (unpaired) electrons. The number of ether oxygens (including phenoxy) is 1. The van der Waals surface area contributed by atoms with Gasteiger partial charge in [-0.25, -0.2) is 14.8 Å². The number of carbonyl (C=O) groups is 1. The van der Waals surface area contributed by atoms with E-state index in [1.165, 1.54) is 0 Å². The predicted molar refractivity (Wildman–Crippen MR) is 157 cm³/mol. The summed E-state index contributed by atoms with van der Waals surface area (Å²) in [7, 11) is -0.586. The van der Waals surface area contributed by atoms with Gasteiger partial charge in [0.15, 0.2) is 14.1 Å². The molecule has 0 saturated heterocycles. The minimum Gasteiger partial charge on any atom is -0.478 e. The van der Waals surface area contributed by atoms with Gasteiger partial charge in [-0.2, -0.15) is 0 Å². The topological polar surface area (TPSA) is 97.7 Å². The van der Waals surface area contributed by atoms with Crippen molar-refractivity contribution < 1.29 is 19.1 Å². The number of hydrogen-bond acceptors (Lipinski definition) is 8. The molecule has 0 aliphatic carbocycles. The van der Waals surface area contributed by atoms with Crippen molar-refractivity contribution in [2.75, 3.05) is 18.7 Å². The minimum atomic E-state index is -2.25. The van der Waals surface area contributed by atoms with E-state index in [1.54, 1.807) is 37.3 Å². The molecule has 2 aromatic heterocycles. The zero-order chi connectivity index (χ0) is 28.4. The number of methoxy groups -OCH3 is 1. The number of rotatable bonds is 9. The molecule has 1 aliphatic heterocycles. The van der Waals surface area contributed by atoms with Crippen LogP contribution in [0, 0.1) is 0 Å². The van der Waals surface area contributed by atoms with Crippen molar-refractivity contribution in [1.29, 1.82) is 0 Å². The Morgan fingerprint density at radius 2 is 1.92 bits per heavy atom. The van der Waals surface area contributed by atoms with Crippen molar-refractivity contribution in [3.8, 4) is 0 Å². The minimum absolute atomic E-state index is 0.0257. The number of aliphatic carboxylic acids is 1. The van der Waals surface area contributed by atoms with Crippen LogP contribution in [0.2, 0.25) is 18.1 Å². The normalized spacial score (nSPS) is 14.5. The van der Waals surface area contributed by atoms with Crippen molar-refractivity contribution in [1.82, 2.24) is 15.0 Å². The summed E-state index contributed by atoms with van der Waals surface area (Å²) in [6.45, 7) is 13.2. The molecule has 1 aliphatic rings. The van der Waals surface area contributed by atoms with Gasteiger partial charge in [0.2, 0.25) is 0 Å². The Kier molecular flexibility index (Phi) is 8.60. The Labute approximate surface area is 235 Å². The van der Waals surface area contributed by atoms with Crippen LogP contribution in [-0.2, 0) is 14.0 Å². The Bertz CT molecular complexity index is 1390. The maximum absolute atomic E-state index is 11.6. The quantitative estimate of drug-likeness (QED) is 0.216. The summed E-state index contributed by atoms with van der Waals surface area (Å²) in [5.41, 5.74) is 3.55. The molecule has 3 heterocycles. The lowest BCUT2D eigenvalue weighted by molar-refractivity contribution is -0.132. The monoisotopic (exact) mass is 564 g/mol. The predicted octanol–water partition coefficient (Wildman–Crippen LogP) is 7.07. The molecule has 1 N–H and O–H groups in total. The number of fused-ring (bicyclic) bond motifs is 2.